The Morgan fingerprint density at radius 3 is 2.63 bits per heavy atom. The van der Waals surface area contributed by atoms with Gasteiger partial charge in [0.2, 0.25) is 0 Å². The van der Waals surface area contributed by atoms with Gasteiger partial charge >= 0.3 is 0 Å². The van der Waals surface area contributed by atoms with Crippen LogP contribution in [0.4, 0.5) is 0 Å². The molecule has 2 aromatic carbocycles. The summed E-state index contributed by atoms with van der Waals surface area (Å²) in [6.45, 7) is 6.10. The Kier molecular flexibility index (Phi) is 5.92. The van der Waals surface area contributed by atoms with Gasteiger partial charge in [-0.05, 0) is 30.7 Å². The van der Waals surface area contributed by atoms with Crippen LogP contribution in [-0.4, -0.2) is 47.3 Å². The fourth-order valence-corrected chi connectivity index (χ4v) is 3.66. The van der Waals surface area contributed by atoms with Crippen LogP contribution in [0.2, 0.25) is 5.02 Å². The minimum Gasteiger partial charge on any atom is -0.484 e. The number of rotatable bonds is 7. The van der Waals surface area contributed by atoms with Crippen molar-refractivity contribution in [3.8, 4) is 5.75 Å². The molecule has 0 N–H and O–H groups in total. The molecule has 4 rings (SSSR count). The second-order valence-corrected chi connectivity index (χ2v) is 7.10. The molecule has 0 aliphatic carbocycles. The first kappa shape index (κ1) is 18.3. The van der Waals surface area contributed by atoms with Crippen LogP contribution in [0.5, 0.6) is 5.75 Å². The van der Waals surface area contributed by atoms with Crippen LogP contribution in [0, 0.1) is 0 Å². The Morgan fingerprint density at radius 1 is 1.00 bits per heavy atom. The van der Waals surface area contributed by atoms with Crippen LogP contribution < -0.4 is 4.74 Å². The quantitative estimate of drug-likeness (QED) is 0.616. The summed E-state index contributed by atoms with van der Waals surface area (Å²) in [5, 5.41) is 0.618. The summed E-state index contributed by atoms with van der Waals surface area (Å²) in [4.78, 5) is 7.24. The molecule has 1 aliphatic rings. The van der Waals surface area contributed by atoms with Crippen molar-refractivity contribution in [2.75, 3.05) is 32.8 Å². The van der Waals surface area contributed by atoms with Gasteiger partial charge in [-0.2, -0.15) is 0 Å². The number of imidazole rings is 1. The summed E-state index contributed by atoms with van der Waals surface area (Å²) >= 11 is 6.21. The zero-order valence-electron chi connectivity index (χ0n) is 15.3. The first-order chi connectivity index (χ1) is 13.3. The van der Waals surface area contributed by atoms with Gasteiger partial charge in [-0.25, -0.2) is 4.98 Å². The van der Waals surface area contributed by atoms with Gasteiger partial charge in [-0.15, -0.1) is 0 Å². The first-order valence-corrected chi connectivity index (χ1v) is 9.80. The van der Waals surface area contributed by atoms with E-state index in [1.165, 1.54) is 0 Å². The van der Waals surface area contributed by atoms with E-state index in [-0.39, 0.29) is 0 Å². The van der Waals surface area contributed by atoms with E-state index in [2.05, 4.69) is 21.6 Å². The Morgan fingerprint density at radius 2 is 1.78 bits per heavy atom. The minimum atomic E-state index is 0.399. The van der Waals surface area contributed by atoms with E-state index in [9.17, 15) is 0 Å². The number of nitrogens with zero attached hydrogens (tertiary/aromatic N) is 3. The highest BCUT2D eigenvalue weighted by atomic mass is 35.5. The largest absolute Gasteiger partial charge is 0.484 e. The molecule has 0 amide bonds. The van der Waals surface area contributed by atoms with Crippen LogP contribution >= 0.6 is 11.6 Å². The van der Waals surface area contributed by atoms with Gasteiger partial charge in [-0.3, -0.25) is 4.90 Å². The molecule has 2 heterocycles. The van der Waals surface area contributed by atoms with Crippen molar-refractivity contribution >= 4 is 22.6 Å². The third-order valence-electron chi connectivity index (χ3n) is 4.89. The second-order valence-electron chi connectivity index (χ2n) is 6.70. The summed E-state index contributed by atoms with van der Waals surface area (Å²) in [6.07, 6.45) is 1.07. The van der Waals surface area contributed by atoms with E-state index < -0.39 is 0 Å². The Labute approximate surface area is 164 Å². The Balaban J connectivity index is 1.47. The molecule has 0 bridgehead atoms. The van der Waals surface area contributed by atoms with Gasteiger partial charge in [0.05, 0.1) is 29.3 Å². The lowest BCUT2D eigenvalue weighted by atomic mass is 10.3. The smallest absolute Gasteiger partial charge is 0.148 e. The lowest BCUT2D eigenvalue weighted by Crippen LogP contribution is -2.37. The Hall–Kier alpha value is -2.08. The molecule has 3 aromatic rings. The Bertz CT molecular complexity index is 890. The van der Waals surface area contributed by atoms with Gasteiger partial charge in [-0.1, -0.05) is 35.9 Å². The van der Waals surface area contributed by atoms with E-state index in [1.54, 1.807) is 0 Å². The van der Waals surface area contributed by atoms with Crippen LogP contribution in [0.1, 0.15) is 12.2 Å². The molecule has 0 saturated carbocycles. The van der Waals surface area contributed by atoms with Crippen LogP contribution in [-0.2, 0) is 17.9 Å². The SMILES string of the molecule is Clc1ccccc1OCc1nc2ccccc2n1CCCN1CCOCC1. The van der Waals surface area contributed by atoms with Crippen LogP contribution in [0.15, 0.2) is 48.5 Å². The lowest BCUT2D eigenvalue weighted by Gasteiger charge is -2.26. The number of halogens is 1. The maximum absolute atomic E-state index is 6.21. The molecule has 1 fully saturated rings. The van der Waals surface area contributed by atoms with Gasteiger partial charge in [0.1, 0.15) is 18.2 Å². The predicted molar refractivity (Wildman–Crippen MR) is 107 cm³/mol. The maximum Gasteiger partial charge on any atom is 0.148 e. The molecule has 6 heteroatoms. The molecular formula is C21H24ClN3O2. The molecular weight excluding hydrogens is 362 g/mol. The number of ether oxygens (including phenoxy) is 2. The van der Waals surface area contributed by atoms with E-state index in [1.807, 2.05) is 36.4 Å². The normalized spacial score (nSPS) is 15.3. The molecule has 0 spiro atoms. The third kappa shape index (κ3) is 4.43. The van der Waals surface area contributed by atoms with E-state index in [4.69, 9.17) is 26.1 Å². The summed E-state index contributed by atoms with van der Waals surface area (Å²) in [5.74, 6) is 1.61. The summed E-state index contributed by atoms with van der Waals surface area (Å²) in [5.41, 5.74) is 2.15. The van der Waals surface area contributed by atoms with Gasteiger partial charge in [0, 0.05) is 26.2 Å². The average molecular weight is 386 g/mol. The average Bonchev–Trinajstić information content (AvgIpc) is 3.06. The van der Waals surface area contributed by atoms with Crippen molar-refractivity contribution in [2.24, 2.45) is 0 Å². The third-order valence-corrected chi connectivity index (χ3v) is 5.20. The molecule has 27 heavy (non-hydrogen) atoms. The fourth-order valence-electron chi connectivity index (χ4n) is 3.47. The van der Waals surface area contributed by atoms with Gasteiger partial charge in [0.25, 0.3) is 0 Å². The van der Waals surface area contributed by atoms with E-state index in [0.29, 0.717) is 17.4 Å². The molecule has 0 atom stereocenters. The molecule has 0 radical (unpaired) electrons. The number of aromatic nitrogens is 2. The fraction of sp³-hybridized carbons (Fsp3) is 0.381. The number of aryl methyl sites for hydroxylation is 1. The molecule has 142 valence electrons. The topological polar surface area (TPSA) is 39.5 Å². The lowest BCUT2D eigenvalue weighted by molar-refractivity contribution is 0.0369. The zero-order valence-corrected chi connectivity index (χ0v) is 16.1. The molecule has 1 aliphatic heterocycles. The highest BCUT2D eigenvalue weighted by Crippen LogP contribution is 2.25. The van der Waals surface area contributed by atoms with Crippen molar-refractivity contribution in [1.29, 1.82) is 0 Å². The molecule has 0 unspecified atom stereocenters. The number of benzene rings is 2. The first-order valence-electron chi connectivity index (χ1n) is 9.43. The van der Waals surface area contributed by atoms with Gasteiger partial charge < -0.3 is 14.0 Å². The van der Waals surface area contributed by atoms with Gasteiger partial charge in [0.15, 0.2) is 0 Å². The van der Waals surface area contributed by atoms with Crippen molar-refractivity contribution in [3.05, 3.63) is 59.4 Å². The molecule has 5 nitrogen and oxygen atoms in total. The van der Waals surface area contributed by atoms with Crippen molar-refractivity contribution < 1.29 is 9.47 Å². The number of fused-ring (bicyclic) bond motifs is 1. The summed E-state index contributed by atoms with van der Waals surface area (Å²) in [7, 11) is 0. The standard InChI is InChI=1S/C21H24ClN3O2/c22-17-6-1-4-9-20(17)27-16-21-23-18-7-2-3-8-19(18)25(21)11-5-10-24-12-14-26-15-13-24/h1-4,6-9H,5,10-16H2. The monoisotopic (exact) mass is 385 g/mol. The summed E-state index contributed by atoms with van der Waals surface area (Å²) < 4.78 is 13.6. The van der Waals surface area contributed by atoms with Crippen LogP contribution in [0.3, 0.4) is 0 Å². The highest BCUT2D eigenvalue weighted by Gasteiger charge is 2.14. The molecule has 1 aromatic heterocycles. The summed E-state index contributed by atoms with van der Waals surface area (Å²) in [6, 6.07) is 15.8. The minimum absolute atomic E-state index is 0.399. The van der Waals surface area contributed by atoms with E-state index in [0.717, 1.165) is 62.7 Å². The number of para-hydroxylation sites is 3. The van der Waals surface area contributed by atoms with E-state index >= 15 is 0 Å². The number of hydrogen-bond acceptors (Lipinski definition) is 4. The zero-order chi connectivity index (χ0) is 18.5. The number of hydrogen-bond donors (Lipinski definition) is 0. The highest BCUT2D eigenvalue weighted by molar-refractivity contribution is 6.32. The molecule has 1 saturated heterocycles. The van der Waals surface area contributed by atoms with Crippen molar-refractivity contribution in [1.82, 2.24) is 14.5 Å². The predicted octanol–water partition coefficient (Wildman–Crippen LogP) is 3.99. The van der Waals surface area contributed by atoms with Crippen molar-refractivity contribution in [2.45, 2.75) is 19.6 Å². The van der Waals surface area contributed by atoms with Crippen molar-refractivity contribution in [3.63, 3.8) is 0 Å². The second kappa shape index (κ2) is 8.74. The number of morpholine rings is 1. The van der Waals surface area contributed by atoms with Crippen LogP contribution in [0.25, 0.3) is 11.0 Å². The maximum atomic E-state index is 6.21.